The molecule has 0 aromatic carbocycles. The summed E-state index contributed by atoms with van der Waals surface area (Å²) in [5.41, 5.74) is 6.67. The van der Waals surface area contributed by atoms with Gasteiger partial charge >= 0.3 is 19.7 Å². The zero-order valence-electron chi connectivity index (χ0n) is 33.3. The minimum atomic E-state index is -3.91. The van der Waals surface area contributed by atoms with Crippen LogP contribution in [0.25, 0.3) is 0 Å². The average Bonchev–Trinajstić information content (AvgIpc) is 3.08. The molecule has 17 nitrogen and oxygen atoms in total. The van der Waals surface area contributed by atoms with Crippen LogP contribution in [0.15, 0.2) is 23.3 Å². The molecule has 0 amide bonds. The largest absolute Gasteiger partial charge is 0.463 e. The molecule has 3 N–H and O–H groups in total. The fourth-order valence-corrected chi connectivity index (χ4v) is 8.57. The standard InChI is InChI=1S/C19H36NO9PS.C15H27NO6S/c1-7-15(8-2)28-16-12-14(19(21)25-9-3)13-17(29-31(6,23)24)18(16)20-30(22,26-10-4)27-11-5;1-5-11(6-2)21-12-8-10(15(17)20-7-3)9-13(14(12)16)22-23(4,18)19/h12,15-18H,7-11,13H2,1-6H3,(H,20,22);8,11-14H,5-7,9,16H2,1-4H3/t16-,17-,18+;12-,13-,14+/m11/s1. The topological polar surface area (TPSA) is 231 Å². The Kier molecular flexibility index (Phi) is 22.4. The van der Waals surface area contributed by atoms with Crippen LogP contribution in [-0.4, -0.2) is 116 Å². The molecule has 0 aromatic heterocycles. The number of hydrogen-bond acceptors (Lipinski definition) is 16. The summed E-state index contributed by atoms with van der Waals surface area (Å²) >= 11 is 0. The molecule has 0 fully saturated rings. The molecule has 20 heteroatoms. The van der Waals surface area contributed by atoms with Crippen molar-refractivity contribution in [2.45, 2.75) is 143 Å². The molecule has 0 bridgehead atoms. The van der Waals surface area contributed by atoms with Gasteiger partial charge in [0.15, 0.2) is 0 Å². The van der Waals surface area contributed by atoms with E-state index in [0.717, 1.165) is 25.4 Å². The first-order chi connectivity index (χ1) is 25.2. The Labute approximate surface area is 322 Å². The second-order valence-corrected chi connectivity index (χ2v) is 17.5. The summed E-state index contributed by atoms with van der Waals surface area (Å²) in [6, 6.07) is -1.60. The first-order valence-corrected chi connectivity index (χ1v) is 23.7. The first-order valence-electron chi connectivity index (χ1n) is 18.5. The van der Waals surface area contributed by atoms with Crippen LogP contribution in [-0.2, 0) is 70.8 Å². The number of hydrogen-bond donors (Lipinski definition) is 2. The summed E-state index contributed by atoms with van der Waals surface area (Å²) in [6.07, 6.45) is 4.45. The normalized spacial score (nSPS) is 23.6. The number of carbonyl (C=O) groups is 2. The van der Waals surface area contributed by atoms with Gasteiger partial charge in [0.1, 0.15) is 0 Å². The number of nitrogens with one attached hydrogen (secondary N) is 1. The summed E-state index contributed by atoms with van der Waals surface area (Å²) in [5.74, 6) is -1.08. The van der Waals surface area contributed by atoms with Crippen LogP contribution in [0.3, 0.4) is 0 Å². The van der Waals surface area contributed by atoms with E-state index in [-0.39, 0.29) is 57.1 Å². The molecule has 2 aliphatic carbocycles. The summed E-state index contributed by atoms with van der Waals surface area (Å²) < 4.78 is 103. The average molecular weight is 835 g/mol. The van der Waals surface area contributed by atoms with Crippen molar-refractivity contribution in [2.75, 3.05) is 38.9 Å². The second-order valence-electron chi connectivity index (χ2n) is 12.6. The summed E-state index contributed by atoms with van der Waals surface area (Å²) in [4.78, 5) is 24.4. The van der Waals surface area contributed by atoms with Crippen LogP contribution in [0.2, 0.25) is 0 Å². The third-order valence-corrected chi connectivity index (χ3v) is 11.2. The van der Waals surface area contributed by atoms with Gasteiger partial charge in [-0.25, -0.2) is 19.2 Å². The monoisotopic (exact) mass is 834 g/mol. The highest BCUT2D eigenvalue weighted by Crippen LogP contribution is 2.46. The third kappa shape index (κ3) is 17.6. The van der Waals surface area contributed by atoms with Crippen LogP contribution in [0.5, 0.6) is 0 Å². The zero-order valence-corrected chi connectivity index (χ0v) is 35.8. The Balaban J connectivity index is 0.000000564. The summed E-state index contributed by atoms with van der Waals surface area (Å²) in [5, 5.41) is 2.80. The van der Waals surface area contributed by atoms with Crippen molar-refractivity contribution in [3.05, 3.63) is 23.3 Å². The highest BCUT2D eigenvalue weighted by molar-refractivity contribution is 7.86. The molecule has 54 heavy (non-hydrogen) atoms. The SMILES string of the molecule is CCOC(=O)C1=C[C@@H](OC(CC)CC)[C@H](N)[C@H](OS(C)(=O)=O)C1.CCOC(=O)C1=C[C@@H](OC(CC)CC)[C@H](NP(=O)(OCC)OCC)[C@H](OS(C)(=O)=O)C1. The van der Waals surface area contributed by atoms with Gasteiger partial charge in [-0.2, -0.15) is 16.8 Å². The predicted octanol–water partition coefficient (Wildman–Crippen LogP) is 4.06. The molecule has 2 aliphatic rings. The highest BCUT2D eigenvalue weighted by Gasteiger charge is 2.44. The molecule has 0 unspecified atom stereocenters. The van der Waals surface area contributed by atoms with Crippen molar-refractivity contribution in [3.63, 3.8) is 0 Å². The van der Waals surface area contributed by atoms with Gasteiger partial charge < -0.3 is 24.7 Å². The molecule has 6 atom stereocenters. The van der Waals surface area contributed by atoms with Gasteiger partial charge in [0.05, 0.1) is 87.6 Å². The van der Waals surface area contributed by atoms with E-state index in [2.05, 4.69) is 5.09 Å². The van der Waals surface area contributed by atoms with Gasteiger partial charge in [-0.3, -0.25) is 17.4 Å². The van der Waals surface area contributed by atoms with Crippen molar-refractivity contribution in [3.8, 4) is 0 Å². The molecule has 0 aliphatic heterocycles. The van der Waals surface area contributed by atoms with E-state index in [1.807, 2.05) is 27.7 Å². The Morgan fingerprint density at radius 2 is 1.09 bits per heavy atom. The molecule has 0 heterocycles. The van der Waals surface area contributed by atoms with Crippen LogP contribution in [0.4, 0.5) is 0 Å². The maximum atomic E-state index is 13.2. The number of rotatable bonds is 22. The van der Waals surface area contributed by atoms with Crippen LogP contribution in [0, 0.1) is 0 Å². The minimum absolute atomic E-state index is 0.0253. The van der Waals surface area contributed by atoms with Crippen molar-refractivity contribution in [2.24, 2.45) is 5.73 Å². The van der Waals surface area contributed by atoms with Gasteiger partial charge in [0.25, 0.3) is 20.2 Å². The Bertz CT molecular complexity index is 1490. The Morgan fingerprint density at radius 3 is 1.48 bits per heavy atom. The van der Waals surface area contributed by atoms with Crippen LogP contribution >= 0.6 is 7.75 Å². The number of esters is 2. The van der Waals surface area contributed by atoms with Gasteiger partial charge in [-0.15, -0.1) is 0 Å². The Morgan fingerprint density at radius 1 is 0.704 bits per heavy atom. The van der Waals surface area contributed by atoms with Crippen molar-refractivity contribution >= 4 is 39.9 Å². The molecule has 2 rings (SSSR count). The third-order valence-electron chi connectivity index (χ3n) is 8.23. The number of carbonyl (C=O) groups excluding carboxylic acids is 2. The molecule has 0 saturated carbocycles. The first kappa shape index (κ1) is 50.2. The molecule has 316 valence electrons. The van der Waals surface area contributed by atoms with Crippen molar-refractivity contribution in [1.29, 1.82) is 0 Å². The van der Waals surface area contributed by atoms with Gasteiger partial charge in [-0.05, 0) is 65.5 Å². The molecule has 0 saturated heterocycles. The Hall–Kier alpha value is -1.77. The smallest absolute Gasteiger partial charge is 0.405 e. The molecular weight excluding hydrogens is 771 g/mol. The lowest BCUT2D eigenvalue weighted by Gasteiger charge is -2.38. The maximum absolute atomic E-state index is 13.2. The van der Waals surface area contributed by atoms with Crippen molar-refractivity contribution in [1.82, 2.24) is 5.09 Å². The lowest BCUT2D eigenvalue weighted by molar-refractivity contribution is -0.140. The fourth-order valence-electron chi connectivity index (χ4n) is 5.71. The van der Waals surface area contributed by atoms with Crippen LogP contribution < -0.4 is 10.8 Å². The predicted molar refractivity (Wildman–Crippen MR) is 202 cm³/mol. The summed E-state index contributed by atoms with van der Waals surface area (Å²) in [6.45, 7) is 15.2. The van der Waals surface area contributed by atoms with E-state index in [1.54, 1.807) is 39.8 Å². The van der Waals surface area contributed by atoms with E-state index in [4.69, 9.17) is 42.1 Å². The lowest BCUT2D eigenvalue weighted by atomic mass is 9.90. The van der Waals surface area contributed by atoms with Gasteiger partial charge in [0, 0.05) is 24.0 Å². The van der Waals surface area contributed by atoms with E-state index < -0.39 is 76.4 Å². The zero-order chi connectivity index (χ0) is 41.3. The van der Waals surface area contributed by atoms with E-state index in [9.17, 15) is 31.0 Å². The molecule has 0 radical (unpaired) electrons. The van der Waals surface area contributed by atoms with Gasteiger partial charge in [0.2, 0.25) is 0 Å². The maximum Gasteiger partial charge on any atom is 0.405 e. The van der Waals surface area contributed by atoms with E-state index >= 15 is 0 Å². The molecule has 0 spiro atoms. The summed E-state index contributed by atoms with van der Waals surface area (Å²) in [7, 11) is -11.4. The van der Waals surface area contributed by atoms with Gasteiger partial charge in [-0.1, -0.05) is 27.7 Å². The number of nitrogens with two attached hydrogens (primary N) is 1. The second kappa shape index (κ2) is 24.1. The van der Waals surface area contributed by atoms with Crippen molar-refractivity contribution < 1.29 is 67.4 Å². The van der Waals surface area contributed by atoms with E-state index in [1.165, 1.54) is 0 Å². The minimum Gasteiger partial charge on any atom is -0.463 e. The van der Waals surface area contributed by atoms with E-state index in [0.29, 0.717) is 18.4 Å². The fraction of sp³-hybridized carbons (Fsp3) is 0.824. The van der Waals surface area contributed by atoms with Crippen LogP contribution in [0.1, 0.15) is 93.9 Å². The quantitative estimate of drug-likeness (QED) is 0.0889. The molecule has 0 aromatic rings. The number of ether oxygens (including phenoxy) is 4. The lowest BCUT2D eigenvalue weighted by Crippen LogP contribution is -2.53. The highest BCUT2D eigenvalue weighted by atomic mass is 32.2. The molecular formula is C34H63N2O15PS2.